The molecular formula is C17H15Br2NO2. The molecule has 0 saturated carbocycles. The highest BCUT2D eigenvalue weighted by molar-refractivity contribution is 9.11. The van der Waals surface area contributed by atoms with E-state index in [1.807, 2.05) is 60.7 Å². The number of hydrogen-bond acceptors (Lipinski definition) is 2. The molecule has 0 unspecified atom stereocenters. The van der Waals surface area contributed by atoms with Gasteiger partial charge < -0.3 is 10.1 Å². The van der Waals surface area contributed by atoms with Gasteiger partial charge in [0.15, 0.2) is 0 Å². The molecule has 0 spiro atoms. The molecule has 0 aliphatic heterocycles. The Kier molecular flexibility index (Phi) is 6.68. The van der Waals surface area contributed by atoms with E-state index in [0.29, 0.717) is 6.54 Å². The number of alkyl carbamates (subject to hydrolysis) is 1. The van der Waals surface area contributed by atoms with E-state index in [0.717, 1.165) is 20.1 Å². The Morgan fingerprint density at radius 2 is 1.91 bits per heavy atom. The molecule has 1 amide bonds. The lowest BCUT2D eigenvalue weighted by Crippen LogP contribution is -2.24. The third-order valence-electron chi connectivity index (χ3n) is 2.83. The van der Waals surface area contributed by atoms with Gasteiger partial charge >= 0.3 is 6.09 Å². The molecule has 2 rings (SSSR count). The van der Waals surface area contributed by atoms with Gasteiger partial charge in [0.05, 0.1) is 0 Å². The third-order valence-corrected chi connectivity index (χ3v) is 4.05. The second kappa shape index (κ2) is 8.76. The van der Waals surface area contributed by atoms with Crippen LogP contribution in [0.4, 0.5) is 4.79 Å². The SMILES string of the molecule is O=C(NCC=Cc1cc(Br)ccc1Br)OCc1ccccc1. The Bertz CT molecular complexity index is 657. The van der Waals surface area contributed by atoms with Crippen molar-refractivity contribution in [2.75, 3.05) is 6.54 Å². The summed E-state index contributed by atoms with van der Waals surface area (Å²) in [4.78, 5) is 11.6. The summed E-state index contributed by atoms with van der Waals surface area (Å²) in [7, 11) is 0. The quantitative estimate of drug-likeness (QED) is 0.720. The maximum atomic E-state index is 11.6. The Balaban J connectivity index is 1.75. The van der Waals surface area contributed by atoms with Gasteiger partial charge in [-0.25, -0.2) is 4.79 Å². The Labute approximate surface area is 146 Å². The molecule has 0 saturated heterocycles. The number of carbonyl (C=O) groups is 1. The summed E-state index contributed by atoms with van der Waals surface area (Å²) < 4.78 is 7.13. The first-order valence-corrected chi connectivity index (χ1v) is 8.30. The first kappa shape index (κ1) is 16.8. The Hall–Kier alpha value is -1.59. The first-order chi connectivity index (χ1) is 10.6. The molecule has 22 heavy (non-hydrogen) atoms. The molecule has 2 aromatic carbocycles. The van der Waals surface area contributed by atoms with E-state index in [1.54, 1.807) is 0 Å². The number of carbonyl (C=O) groups excluding carboxylic acids is 1. The van der Waals surface area contributed by atoms with Crippen molar-refractivity contribution in [3.63, 3.8) is 0 Å². The van der Waals surface area contributed by atoms with Crippen LogP contribution in [0.2, 0.25) is 0 Å². The summed E-state index contributed by atoms with van der Waals surface area (Å²) in [6, 6.07) is 15.5. The van der Waals surface area contributed by atoms with E-state index < -0.39 is 6.09 Å². The Morgan fingerprint density at radius 1 is 1.14 bits per heavy atom. The molecule has 114 valence electrons. The number of rotatable bonds is 5. The predicted molar refractivity (Wildman–Crippen MR) is 95.5 cm³/mol. The van der Waals surface area contributed by atoms with Gasteiger partial charge in [0, 0.05) is 15.5 Å². The molecule has 0 aliphatic carbocycles. The number of amides is 1. The zero-order valence-electron chi connectivity index (χ0n) is 11.8. The van der Waals surface area contributed by atoms with E-state index in [1.165, 1.54) is 0 Å². The van der Waals surface area contributed by atoms with Gasteiger partial charge in [0.2, 0.25) is 0 Å². The second-order valence-electron chi connectivity index (χ2n) is 4.51. The summed E-state index contributed by atoms with van der Waals surface area (Å²) in [6.45, 7) is 0.681. The topological polar surface area (TPSA) is 38.3 Å². The molecule has 0 aliphatic rings. The van der Waals surface area contributed by atoms with Gasteiger partial charge in [-0.15, -0.1) is 0 Å². The summed E-state index contributed by atoms with van der Waals surface area (Å²) in [6.07, 6.45) is 3.38. The monoisotopic (exact) mass is 423 g/mol. The third kappa shape index (κ3) is 5.66. The van der Waals surface area contributed by atoms with Crippen LogP contribution in [0.25, 0.3) is 6.08 Å². The standard InChI is InChI=1S/C17H15Br2NO2/c18-15-8-9-16(19)14(11-15)7-4-10-20-17(21)22-12-13-5-2-1-3-6-13/h1-9,11H,10,12H2,(H,20,21). The van der Waals surface area contributed by atoms with E-state index in [2.05, 4.69) is 37.2 Å². The van der Waals surface area contributed by atoms with Crippen LogP contribution in [0.3, 0.4) is 0 Å². The maximum Gasteiger partial charge on any atom is 0.407 e. The zero-order chi connectivity index (χ0) is 15.8. The van der Waals surface area contributed by atoms with E-state index >= 15 is 0 Å². The summed E-state index contributed by atoms with van der Waals surface area (Å²) in [5.74, 6) is 0. The minimum atomic E-state index is -0.429. The van der Waals surface area contributed by atoms with E-state index in [4.69, 9.17) is 4.74 Å². The average molecular weight is 425 g/mol. The first-order valence-electron chi connectivity index (χ1n) is 6.71. The highest BCUT2D eigenvalue weighted by Crippen LogP contribution is 2.22. The van der Waals surface area contributed by atoms with Crippen molar-refractivity contribution < 1.29 is 9.53 Å². The van der Waals surface area contributed by atoms with Gasteiger partial charge in [-0.3, -0.25) is 0 Å². The van der Waals surface area contributed by atoms with E-state index in [-0.39, 0.29) is 6.61 Å². The van der Waals surface area contributed by atoms with Crippen molar-refractivity contribution in [1.29, 1.82) is 0 Å². The maximum absolute atomic E-state index is 11.6. The molecule has 0 bridgehead atoms. The molecule has 3 nitrogen and oxygen atoms in total. The molecule has 0 fully saturated rings. The van der Waals surface area contributed by atoms with Crippen LogP contribution in [-0.4, -0.2) is 12.6 Å². The molecule has 0 atom stereocenters. The molecule has 5 heteroatoms. The number of hydrogen-bond donors (Lipinski definition) is 1. The molecule has 0 aromatic heterocycles. The lowest BCUT2D eigenvalue weighted by Gasteiger charge is -2.05. The highest BCUT2D eigenvalue weighted by atomic mass is 79.9. The minimum Gasteiger partial charge on any atom is -0.445 e. The average Bonchev–Trinajstić information content (AvgIpc) is 2.53. The molecule has 0 heterocycles. The minimum absolute atomic E-state index is 0.271. The van der Waals surface area contributed by atoms with Crippen LogP contribution < -0.4 is 5.32 Å². The zero-order valence-corrected chi connectivity index (χ0v) is 14.9. The smallest absolute Gasteiger partial charge is 0.407 e. The summed E-state index contributed by atoms with van der Waals surface area (Å²) >= 11 is 6.90. The van der Waals surface area contributed by atoms with E-state index in [9.17, 15) is 4.79 Å². The summed E-state index contributed by atoms with van der Waals surface area (Å²) in [5, 5.41) is 2.68. The lowest BCUT2D eigenvalue weighted by atomic mass is 10.2. The normalized spacial score (nSPS) is 10.6. The van der Waals surface area contributed by atoms with Crippen molar-refractivity contribution in [2.45, 2.75) is 6.61 Å². The van der Waals surface area contributed by atoms with Crippen LogP contribution >= 0.6 is 31.9 Å². The van der Waals surface area contributed by atoms with Crippen molar-refractivity contribution in [3.8, 4) is 0 Å². The Morgan fingerprint density at radius 3 is 2.68 bits per heavy atom. The van der Waals surface area contributed by atoms with Gasteiger partial charge in [-0.1, -0.05) is 74.3 Å². The van der Waals surface area contributed by atoms with Crippen molar-refractivity contribution >= 4 is 44.0 Å². The molecule has 0 radical (unpaired) electrons. The van der Waals surface area contributed by atoms with Crippen LogP contribution in [0.1, 0.15) is 11.1 Å². The van der Waals surface area contributed by atoms with Crippen LogP contribution in [0.5, 0.6) is 0 Å². The van der Waals surface area contributed by atoms with Crippen LogP contribution in [0, 0.1) is 0 Å². The number of nitrogens with one attached hydrogen (secondary N) is 1. The largest absolute Gasteiger partial charge is 0.445 e. The van der Waals surface area contributed by atoms with Crippen molar-refractivity contribution in [3.05, 3.63) is 74.7 Å². The predicted octanol–water partition coefficient (Wildman–Crippen LogP) is 5.15. The second-order valence-corrected chi connectivity index (χ2v) is 6.28. The van der Waals surface area contributed by atoms with Crippen LogP contribution in [0.15, 0.2) is 63.6 Å². The fraction of sp³-hybridized carbons (Fsp3) is 0.118. The van der Waals surface area contributed by atoms with Crippen molar-refractivity contribution in [1.82, 2.24) is 5.32 Å². The fourth-order valence-corrected chi connectivity index (χ4v) is 2.50. The number of benzene rings is 2. The number of halogens is 2. The lowest BCUT2D eigenvalue weighted by molar-refractivity contribution is 0.141. The molecule has 1 N–H and O–H groups in total. The molecular weight excluding hydrogens is 410 g/mol. The van der Waals surface area contributed by atoms with Gasteiger partial charge in [0.25, 0.3) is 0 Å². The number of ether oxygens (including phenoxy) is 1. The van der Waals surface area contributed by atoms with Gasteiger partial charge in [-0.2, -0.15) is 0 Å². The highest BCUT2D eigenvalue weighted by Gasteiger charge is 2.00. The van der Waals surface area contributed by atoms with Crippen molar-refractivity contribution in [2.24, 2.45) is 0 Å². The fourth-order valence-electron chi connectivity index (χ4n) is 1.74. The molecule has 2 aromatic rings. The van der Waals surface area contributed by atoms with Gasteiger partial charge in [-0.05, 0) is 29.3 Å². The van der Waals surface area contributed by atoms with Gasteiger partial charge in [0.1, 0.15) is 6.61 Å². The summed E-state index contributed by atoms with van der Waals surface area (Å²) in [5.41, 5.74) is 2.00. The van der Waals surface area contributed by atoms with Crippen LogP contribution in [-0.2, 0) is 11.3 Å².